The first-order valence-electron chi connectivity index (χ1n) is 5.24. The second-order valence-corrected chi connectivity index (χ2v) is 3.72. The number of alkyl halides is 3. The quantitative estimate of drug-likeness (QED) is 0.865. The lowest BCUT2D eigenvalue weighted by molar-refractivity contribution is -0.137. The predicted molar refractivity (Wildman–Crippen MR) is 55.7 cm³/mol. The van der Waals surface area contributed by atoms with E-state index in [1.165, 1.54) is 6.07 Å². The molecule has 0 saturated carbocycles. The number of pyridine rings is 1. The Morgan fingerprint density at radius 2 is 2.06 bits per heavy atom. The molecule has 0 radical (unpaired) electrons. The smallest absolute Gasteiger partial charge is 0.323 e. The number of hydrogen-bond acceptors (Lipinski definition) is 2. The number of nitrogens with zero attached hydrogens (tertiary/aromatic N) is 1. The Morgan fingerprint density at radius 1 is 1.38 bits per heavy atom. The number of rotatable bonds is 4. The summed E-state index contributed by atoms with van der Waals surface area (Å²) in [6.07, 6.45) is -0.798. The van der Waals surface area contributed by atoms with Crippen molar-refractivity contribution < 1.29 is 13.2 Å². The zero-order valence-electron chi connectivity index (χ0n) is 9.09. The van der Waals surface area contributed by atoms with Gasteiger partial charge < -0.3 is 5.73 Å². The number of halogens is 3. The van der Waals surface area contributed by atoms with Crippen LogP contribution in [0.3, 0.4) is 0 Å². The summed E-state index contributed by atoms with van der Waals surface area (Å²) < 4.78 is 36.8. The number of nitrogens with two attached hydrogens (primary N) is 1. The van der Waals surface area contributed by atoms with Gasteiger partial charge in [-0.05, 0) is 18.6 Å². The van der Waals surface area contributed by atoms with Gasteiger partial charge in [-0.2, -0.15) is 13.2 Å². The third-order valence-electron chi connectivity index (χ3n) is 2.36. The van der Waals surface area contributed by atoms with Crippen LogP contribution in [0, 0.1) is 0 Å². The highest BCUT2D eigenvalue weighted by molar-refractivity contribution is 5.18. The molecule has 2 nitrogen and oxygen atoms in total. The molecule has 0 spiro atoms. The van der Waals surface area contributed by atoms with Crippen LogP contribution in [-0.4, -0.2) is 4.98 Å². The highest BCUT2D eigenvalue weighted by Crippen LogP contribution is 2.29. The minimum atomic E-state index is -4.33. The zero-order valence-corrected chi connectivity index (χ0v) is 9.09. The van der Waals surface area contributed by atoms with Gasteiger partial charge in [0.15, 0.2) is 0 Å². The Balaban J connectivity index is 2.71. The van der Waals surface area contributed by atoms with Crippen molar-refractivity contribution in [2.45, 2.75) is 38.4 Å². The van der Waals surface area contributed by atoms with Crippen molar-refractivity contribution in [1.29, 1.82) is 0 Å². The zero-order chi connectivity index (χ0) is 12.2. The standard InChI is InChI=1S/C11H15F3N2/c1-2-3-4-9(15)10-6-5-8(7-16-10)11(12,13)14/h5-7,9H,2-4,15H2,1H3. The fourth-order valence-corrected chi connectivity index (χ4v) is 1.36. The largest absolute Gasteiger partial charge is 0.417 e. The molecular weight excluding hydrogens is 217 g/mol. The molecule has 0 aromatic carbocycles. The van der Waals surface area contributed by atoms with Crippen molar-refractivity contribution in [3.05, 3.63) is 29.6 Å². The van der Waals surface area contributed by atoms with Crippen molar-refractivity contribution in [2.24, 2.45) is 5.73 Å². The molecule has 0 aliphatic carbocycles. The van der Waals surface area contributed by atoms with Crippen LogP contribution >= 0.6 is 0 Å². The topological polar surface area (TPSA) is 38.9 Å². The lowest BCUT2D eigenvalue weighted by atomic mass is 10.1. The van der Waals surface area contributed by atoms with E-state index in [-0.39, 0.29) is 6.04 Å². The van der Waals surface area contributed by atoms with E-state index in [0.29, 0.717) is 5.69 Å². The normalized spacial score (nSPS) is 13.8. The molecule has 0 amide bonds. The van der Waals surface area contributed by atoms with Gasteiger partial charge >= 0.3 is 6.18 Å². The van der Waals surface area contributed by atoms with E-state index in [2.05, 4.69) is 4.98 Å². The Bertz CT molecular complexity index is 319. The Hall–Kier alpha value is -1.10. The summed E-state index contributed by atoms with van der Waals surface area (Å²) in [5, 5.41) is 0. The van der Waals surface area contributed by atoms with E-state index >= 15 is 0 Å². The van der Waals surface area contributed by atoms with Crippen molar-refractivity contribution in [3.63, 3.8) is 0 Å². The van der Waals surface area contributed by atoms with E-state index in [1.54, 1.807) is 0 Å². The summed E-state index contributed by atoms with van der Waals surface area (Å²) in [6, 6.07) is 2.10. The molecule has 1 atom stereocenters. The molecule has 5 heteroatoms. The SMILES string of the molecule is CCCCC(N)c1ccc(C(F)(F)F)cn1. The molecular formula is C11H15F3N2. The van der Waals surface area contributed by atoms with Gasteiger partial charge in [0, 0.05) is 12.2 Å². The Kier molecular flexibility index (Phi) is 4.29. The first-order chi connectivity index (χ1) is 7.45. The molecule has 90 valence electrons. The third-order valence-corrected chi connectivity index (χ3v) is 2.36. The van der Waals surface area contributed by atoms with Crippen molar-refractivity contribution >= 4 is 0 Å². The van der Waals surface area contributed by atoms with E-state index < -0.39 is 11.7 Å². The summed E-state index contributed by atoms with van der Waals surface area (Å²) in [7, 11) is 0. The molecule has 0 aliphatic rings. The van der Waals surface area contributed by atoms with Crippen LogP contribution in [0.25, 0.3) is 0 Å². The van der Waals surface area contributed by atoms with E-state index in [1.807, 2.05) is 6.92 Å². The maximum absolute atomic E-state index is 12.3. The van der Waals surface area contributed by atoms with E-state index in [0.717, 1.165) is 31.5 Å². The maximum atomic E-state index is 12.3. The molecule has 0 bridgehead atoms. The molecule has 16 heavy (non-hydrogen) atoms. The number of unbranched alkanes of at least 4 members (excludes halogenated alkanes) is 1. The highest BCUT2D eigenvalue weighted by Gasteiger charge is 2.30. The van der Waals surface area contributed by atoms with Crippen molar-refractivity contribution in [3.8, 4) is 0 Å². The van der Waals surface area contributed by atoms with Gasteiger partial charge in [-0.25, -0.2) is 0 Å². The third kappa shape index (κ3) is 3.48. The van der Waals surface area contributed by atoms with Gasteiger partial charge in [-0.1, -0.05) is 19.8 Å². The van der Waals surface area contributed by atoms with Gasteiger partial charge in [0.2, 0.25) is 0 Å². The number of hydrogen-bond donors (Lipinski definition) is 1. The van der Waals surface area contributed by atoms with Crippen LogP contribution in [-0.2, 0) is 6.18 Å². The highest BCUT2D eigenvalue weighted by atomic mass is 19.4. The molecule has 2 N–H and O–H groups in total. The summed E-state index contributed by atoms with van der Waals surface area (Å²) in [6.45, 7) is 2.03. The van der Waals surface area contributed by atoms with Gasteiger partial charge in [0.1, 0.15) is 0 Å². The summed E-state index contributed by atoms with van der Waals surface area (Å²) >= 11 is 0. The fourth-order valence-electron chi connectivity index (χ4n) is 1.36. The van der Waals surface area contributed by atoms with Gasteiger partial charge in [0.25, 0.3) is 0 Å². The minimum absolute atomic E-state index is 0.276. The average Bonchev–Trinajstić information content (AvgIpc) is 2.25. The van der Waals surface area contributed by atoms with E-state index in [4.69, 9.17) is 5.73 Å². The summed E-state index contributed by atoms with van der Waals surface area (Å²) in [5.74, 6) is 0. The molecule has 1 rings (SSSR count). The van der Waals surface area contributed by atoms with Crippen LogP contribution in [0.4, 0.5) is 13.2 Å². The first kappa shape index (κ1) is 13.0. The van der Waals surface area contributed by atoms with Crippen LogP contribution in [0.2, 0.25) is 0 Å². The minimum Gasteiger partial charge on any atom is -0.323 e. The van der Waals surface area contributed by atoms with Crippen LogP contribution in [0.15, 0.2) is 18.3 Å². The van der Waals surface area contributed by atoms with E-state index in [9.17, 15) is 13.2 Å². The molecule has 0 fully saturated rings. The monoisotopic (exact) mass is 232 g/mol. The van der Waals surface area contributed by atoms with Crippen molar-refractivity contribution in [2.75, 3.05) is 0 Å². The second-order valence-electron chi connectivity index (χ2n) is 3.72. The molecule has 1 aromatic rings. The molecule has 1 unspecified atom stereocenters. The lowest BCUT2D eigenvalue weighted by Crippen LogP contribution is -2.13. The molecule has 1 aromatic heterocycles. The van der Waals surface area contributed by atoms with Crippen LogP contribution in [0.5, 0.6) is 0 Å². The van der Waals surface area contributed by atoms with Gasteiger partial charge in [-0.3, -0.25) is 4.98 Å². The van der Waals surface area contributed by atoms with Gasteiger partial charge in [-0.15, -0.1) is 0 Å². The lowest BCUT2D eigenvalue weighted by Gasteiger charge is -2.11. The maximum Gasteiger partial charge on any atom is 0.417 e. The summed E-state index contributed by atoms with van der Waals surface area (Å²) in [4.78, 5) is 3.75. The van der Waals surface area contributed by atoms with Crippen LogP contribution < -0.4 is 5.73 Å². The predicted octanol–water partition coefficient (Wildman–Crippen LogP) is 3.29. The average molecular weight is 232 g/mol. The Labute approximate surface area is 92.7 Å². The second kappa shape index (κ2) is 5.30. The molecule has 0 aliphatic heterocycles. The molecule has 0 saturated heterocycles. The van der Waals surface area contributed by atoms with Crippen LogP contribution in [0.1, 0.15) is 43.5 Å². The van der Waals surface area contributed by atoms with Gasteiger partial charge in [0.05, 0.1) is 11.3 Å². The Morgan fingerprint density at radius 3 is 2.50 bits per heavy atom. The fraction of sp³-hybridized carbons (Fsp3) is 0.545. The number of aromatic nitrogens is 1. The molecule has 1 heterocycles. The first-order valence-corrected chi connectivity index (χ1v) is 5.24. The van der Waals surface area contributed by atoms with Crippen molar-refractivity contribution in [1.82, 2.24) is 4.98 Å². The summed E-state index contributed by atoms with van der Waals surface area (Å²) in [5.41, 5.74) is 5.57.